The Labute approximate surface area is 177 Å². The van der Waals surface area contributed by atoms with Gasteiger partial charge in [0.05, 0.1) is 12.2 Å². The number of ether oxygens (including phenoxy) is 1. The minimum Gasteiger partial charge on any atom is -0.508 e. The van der Waals surface area contributed by atoms with Crippen LogP contribution in [0.15, 0.2) is 102 Å². The normalized spacial score (nSPS) is 12.5. The van der Waals surface area contributed by atoms with E-state index in [2.05, 4.69) is 5.73 Å². The zero-order chi connectivity index (χ0) is 21.2. The summed E-state index contributed by atoms with van der Waals surface area (Å²) >= 11 is 0. The molecule has 3 aromatic carbocycles. The molecule has 154 valence electrons. The summed E-state index contributed by atoms with van der Waals surface area (Å²) in [6.07, 6.45) is 1.03. The van der Waals surface area contributed by atoms with Gasteiger partial charge in [0, 0.05) is 18.4 Å². The first kappa shape index (κ1) is 21.4. The summed E-state index contributed by atoms with van der Waals surface area (Å²) in [4.78, 5) is 0. The van der Waals surface area contributed by atoms with Gasteiger partial charge in [-0.15, -0.1) is 5.73 Å². The zero-order valence-corrected chi connectivity index (χ0v) is 16.7. The molecule has 4 heteroatoms. The molecule has 0 radical (unpaired) electrons. The van der Waals surface area contributed by atoms with Crippen LogP contribution < -0.4 is 4.74 Å². The lowest BCUT2D eigenvalue weighted by Crippen LogP contribution is -2.06. The number of aromatic hydroxyl groups is 1. The van der Waals surface area contributed by atoms with Crippen LogP contribution in [0.3, 0.4) is 0 Å². The second-order valence-electron chi connectivity index (χ2n) is 7.03. The summed E-state index contributed by atoms with van der Waals surface area (Å²) in [5.41, 5.74) is 5.45. The van der Waals surface area contributed by atoms with Gasteiger partial charge in [-0.05, 0) is 41.5 Å². The van der Waals surface area contributed by atoms with Crippen LogP contribution in [0, 0.1) is 0 Å². The molecule has 0 aliphatic heterocycles. The molecule has 3 N–H and O–H groups in total. The predicted octanol–water partition coefficient (Wildman–Crippen LogP) is 5.10. The fourth-order valence-corrected chi connectivity index (χ4v) is 3.06. The summed E-state index contributed by atoms with van der Waals surface area (Å²) < 4.78 is 5.84. The molecule has 30 heavy (non-hydrogen) atoms. The summed E-state index contributed by atoms with van der Waals surface area (Å²) in [5.74, 6) is 0.861. The summed E-state index contributed by atoms with van der Waals surface area (Å²) in [6, 6.07) is 25.5. The van der Waals surface area contributed by atoms with Crippen molar-refractivity contribution >= 4 is 0 Å². The SMILES string of the molecule is Oc1cccc([C@H](O)CC=C=C(COc2ccccc2)C[C@@H](O)c2ccccc2)c1. The minimum atomic E-state index is -0.750. The van der Waals surface area contributed by atoms with Crippen molar-refractivity contribution in [3.05, 3.63) is 113 Å². The van der Waals surface area contributed by atoms with Gasteiger partial charge in [0.1, 0.15) is 18.1 Å². The lowest BCUT2D eigenvalue weighted by molar-refractivity contribution is 0.173. The molecule has 3 aromatic rings. The van der Waals surface area contributed by atoms with Crippen molar-refractivity contribution in [2.24, 2.45) is 0 Å². The van der Waals surface area contributed by atoms with Gasteiger partial charge in [-0.25, -0.2) is 0 Å². The third kappa shape index (κ3) is 6.64. The maximum atomic E-state index is 10.6. The number of para-hydroxylation sites is 1. The summed E-state index contributed by atoms with van der Waals surface area (Å²) in [7, 11) is 0. The fraction of sp³-hybridized carbons (Fsp3) is 0.192. The Balaban J connectivity index is 1.72. The van der Waals surface area contributed by atoms with Crippen molar-refractivity contribution in [3.8, 4) is 11.5 Å². The largest absolute Gasteiger partial charge is 0.508 e. The third-order valence-electron chi connectivity index (χ3n) is 4.68. The minimum absolute atomic E-state index is 0.119. The molecule has 0 saturated heterocycles. The molecule has 4 nitrogen and oxygen atoms in total. The van der Waals surface area contributed by atoms with E-state index in [9.17, 15) is 15.3 Å². The molecule has 3 rings (SSSR count). The van der Waals surface area contributed by atoms with Gasteiger partial charge in [0.15, 0.2) is 0 Å². The van der Waals surface area contributed by atoms with E-state index in [1.807, 2.05) is 60.7 Å². The monoisotopic (exact) mass is 402 g/mol. The van der Waals surface area contributed by atoms with Crippen LogP contribution in [-0.4, -0.2) is 21.9 Å². The van der Waals surface area contributed by atoms with Crippen molar-refractivity contribution < 1.29 is 20.1 Å². The van der Waals surface area contributed by atoms with Crippen LogP contribution >= 0.6 is 0 Å². The molecule has 0 spiro atoms. The van der Waals surface area contributed by atoms with E-state index < -0.39 is 12.2 Å². The first-order valence-corrected chi connectivity index (χ1v) is 9.92. The van der Waals surface area contributed by atoms with Crippen molar-refractivity contribution in [3.63, 3.8) is 0 Å². The highest BCUT2D eigenvalue weighted by Crippen LogP contribution is 2.23. The van der Waals surface area contributed by atoms with Crippen LogP contribution in [0.2, 0.25) is 0 Å². The van der Waals surface area contributed by atoms with Crippen molar-refractivity contribution in [2.45, 2.75) is 25.0 Å². The topological polar surface area (TPSA) is 69.9 Å². The van der Waals surface area contributed by atoms with Crippen LogP contribution in [0.1, 0.15) is 36.2 Å². The Hall–Kier alpha value is -3.30. The van der Waals surface area contributed by atoms with E-state index in [4.69, 9.17) is 4.74 Å². The van der Waals surface area contributed by atoms with Crippen LogP contribution in [0.4, 0.5) is 0 Å². The van der Waals surface area contributed by atoms with Crippen molar-refractivity contribution in [1.29, 1.82) is 0 Å². The highest BCUT2D eigenvalue weighted by Gasteiger charge is 2.11. The van der Waals surface area contributed by atoms with Gasteiger partial charge in [-0.1, -0.05) is 60.7 Å². The standard InChI is InChI=1S/C26H26O4/c27-23-13-8-12-22(18-23)25(28)16-7-9-20(19-30-24-14-5-2-6-15-24)17-26(29)21-10-3-1-4-11-21/h1-8,10-15,18,25-29H,16-17,19H2/t9?,25-,26-/m1/s1. The number of aliphatic hydroxyl groups excluding tert-OH is 2. The highest BCUT2D eigenvalue weighted by atomic mass is 16.5. The molecule has 0 amide bonds. The van der Waals surface area contributed by atoms with Crippen molar-refractivity contribution in [1.82, 2.24) is 0 Å². The highest BCUT2D eigenvalue weighted by molar-refractivity contribution is 5.29. The second kappa shape index (κ2) is 11.0. The van der Waals surface area contributed by atoms with Gasteiger partial charge in [-0.3, -0.25) is 0 Å². The molecule has 0 aliphatic rings. The average molecular weight is 402 g/mol. The molecule has 0 heterocycles. The molecule has 0 saturated carbocycles. The van der Waals surface area contributed by atoms with Gasteiger partial charge in [0.2, 0.25) is 0 Å². The van der Waals surface area contributed by atoms with Crippen LogP contribution in [0.25, 0.3) is 0 Å². The Morgan fingerprint density at radius 2 is 1.50 bits per heavy atom. The predicted molar refractivity (Wildman–Crippen MR) is 117 cm³/mol. The molecule has 0 aliphatic carbocycles. The summed E-state index contributed by atoms with van der Waals surface area (Å²) in [5, 5.41) is 30.5. The Morgan fingerprint density at radius 3 is 2.20 bits per heavy atom. The van der Waals surface area contributed by atoms with Crippen LogP contribution in [-0.2, 0) is 0 Å². The van der Waals surface area contributed by atoms with Gasteiger partial charge in [0.25, 0.3) is 0 Å². The lowest BCUT2D eigenvalue weighted by Gasteiger charge is -2.14. The lowest BCUT2D eigenvalue weighted by atomic mass is 10.0. The summed E-state index contributed by atoms with van der Waals surface area (Å²) in [6.45, 7) is 0.284. The van der Waals surface area contributed by atoms with Gasteiger partial charge >= 0.3 is 0 Å². The number of benzene rings is 3. The first-order chi connectivity index (χ1) is 14.6. The van der Waals surface area contributed by atoms with E-state index in [0.29, 0.717) is 18.4 Å². The second-order valence-corrected chi connectivity index (χ2v) is 7.03. The number of hydrogen-bond donors (Lipinski definition) is 3. The molecular formula is C26H26O4. The van der Waals surface area contributed by atoms with E-state index in [1.165, 1.54) is 0 Å². The van der Waals surface area contributed by atoms with Crippen molar-refractivity contribution in [2.75, 3.05) is 6.61 Å². The number of hydrogen-bond acceptors (Lipinski definition) is 4. The van der Waals surface area contributed by atoms with E-state index in [1.54, 1.807) is 30.3 Å². The number of phenolic OH excluding ortho intramolecular Hbond substituents is 1. The van der Waals surface area contributed by atoms with Gasteiger partial charge in [-0.2, -0.15) is 0 Å². The first-order valence-electron chi connectivity index (χ1n) is 9.92. The quantitative estimate of drug-likeness (QED) is 0.436. The van der Waals surface area contributed by atoms with E-state index in [0.717, 1.165) is 16.9 Å². The third-order valence-corrected chi connectivity index (χ3v) is 4.68. The maximum absolute atomic E-state index is 10.6. The zero-order valence-electron chi connectivity index (χ0n) is 16.7. The Kier molecular flexibility index (Phi) is 7.87. The Bertz CT molecular complexity index is 976. The average Bonchev–Trinajstić information content (AvgIpc) is 2.78. The molecule has 0 aromatic heterocycles. The van der Waals surface area contributed by atoms with E-state index >= 15 is 0 Å². The fourth-order valence-electron chi connectivity index (χ4n) is 3.06. The molecular weight excluding hydrogens is 376 g/mol. The van der Waals surface area contributed by atoms with Gasteiger partial charge < -0.3 is 20.1 Å². The molecule has 0 bridgehead atoms. The molecule has 0 fully saturated rings. The smallest absolute Gasteiger partial charge is 0.119 e. The Morgan fingerprint density at radius 1 is 0.833 bits per heavy atom. The number of aliphatic hydroxyl groups is 2. The number of phenols is 1. The maximum Gasteiger partial charge on any atom is 0.119 e. The molecule has 0 unspecified atom stereocenters. The molecule has 2 atom stereocenters. The van der Waals surface area contributed by atoms with E-state index in [-0.39, 0.29) is 12.4 Å². The van der Waals surface area contributed by atoms with Crippen LogP contribution in [0.5, 0.6) is 11.5 Å². The number of rotatable bonds is 9.